The Hall–Kier alpha value is -1.47. The summed E-state index contributed by atoms with van der Waals surface area (Å²) in [5.41, 5.74) is 0. The van der Waals surface area contributed by atoms with E-state index >= 15 is 0 Å². The Bertz CT molecular complexity index is 275. The molecule has 0 aliphatic heterocycles. The first-order chi connectivity index (χ1) is 7.83. The molecule has 0 aliphatic carbocycles. The molecule has 0 fully saturated rings. The van der Waals surface area contributed by atoms with Gasteiger partial charge >= 0.3 is 13.4 Å². The van der Waals surface area contributed by atoms with E-state index in [-0.39, 0.29) is 0 Å². The number of aryl methyl sites for hydroxylation is 1. The van der Waals surface area contributed by atoms with Gasteiger partial charge in [-0.15, -0.1) is 0 Å². The largest absolute Gasteiger partial charge is 0.379 e. The number of hydrogen-bond acceptors (Lipinski definition) is 0. The van der Waals surface area contributed by atoms with E-state index in [1.165, 1.54) is 0 Å². The summed E-state index contributed by atoms with van der Waals surface area (Å²) in [7, 11) is 0. The molecule has 0 unspecified atom stereocenters. The zero-order valence-electron chi connectivity index (χ0n) is 9.04. The van der Waals surface area contributed by atoms with E-state index in [1.807, 2.05) is 23.3 Å². The van der Waals surface area contributed by atoms with Gasteiger partial charge in [0.2, 0.25) is 6.33 Å². The third kappa shape index (κ3) is 17.2. The Kier molecular flexibility index (Phi) is 11.6. The van der Waals surface area contributed by atoms with Crippen LogP contribution in [0.15, 0.2) is 25.3 Å². The first kappa shape index (κ1) is 17.9. The summed E-state index contributed by atoms with van der Waals surface area (Å²) in [6, 6.07) is 0. The van der Waals surface area contributed by atoms with Crippen molar-refractivity contribution in [2.24, 2.45) is 0 Å². The second-order valence-electron chi connectivity index (χ2n) is 2.37. The lowest BCUT2D eigenvalue weighted by molar-refractivity contribution is -0.692. The molecule has 1 rings (SSSR count). The quantitative estimate of drug-likeness (QED) is 0.572. The summed E-state index contributed by atoms with van der Waals surface area (Å²) in [4.78, 5) is 0. The lowest BCUT2D eigenvalue weighted by Crippen LogP contribution is -2.28. The number of halogens is 6. The Balaban J connectivity index is 0. The minimum absolute atomic E-state index is 1.01. The molecule has 2 nitrogen and oxygen atoms in total. The second kappa shape index (κ2) is 11.0. The highest BCUT2D eigenvalue weighted by Crippen LogP contribution is 1.87. The lowest BCUT2D eigenvalue weighted by atomic mass is 10.7. The van der Waals surface area contributed by atoms with Crippen molar-refractivity contribution in [1.82, 2.24) is 4.57 Å². The number of aromatic nitrogens is 2. The summed E-state index contributed by atoms with van der Waals surface area (Å²) in [6.45, 7) is -0.586. The van der Waals surface area contributed by atoms with Crippen LogP contribution in [0.3, 0.4) is 0 Å². The van der Waals surface area contributed by atoms with Crippen LogP contribution in [0.25, 0.3) is 6.20 Å². The number of imidazole rings is 1. The highest BCUT2D eigenvalue weighted by Gasteiger charge is 1.94. The van der Waals surface area contributed by atoms with E-state index in [2.05, 4.69) is 18.1 Å². The minimum Gasteiger partial charge on any atom is -0.237 e. The maximum Gasteiger partial charge on any atom is 0.379 e. The first-order valence-corrected chi connectivity index (χ1v) is 4.37. The molecule has 0 saturated heterocycles. The first-order valence-electron chi connectivity index (χ1n) is 4.37. The molecule has 0 amide bonds. The molecule has 17 heavy (non-hydrogen) atoms. The zero-order valence-corrected chi connectivity index (χ0v) is 9.04. The van der Waals surface area contributed by atoms with Gasteiger partial charge in [-0.2, -0.15) is 26.3 Å². The molecule has 8 heteroatoms. The average Bonchev–Trinajstić information content (AvgIpc) is 2.63. The van der Waals surface area contributed by atoms with Gasteiger partial charge in [0, 0.05) is 0 Å². The fraction of sp³-hybridized carbons (Fsp3) is 0.444. The molecule has 0 aromatic carbocycles. The predicted molar refractivity (Wildman–Crippen MR) is 50.9 cm³/mol. The van der Waals surface area contributed by atoms with E-state index in [0.29, 0.717) is 0 Å². The molecule has 1 aromatic rings. The SMILES string of the molecule is C=Cn1cc[n+](CC)c1.FC(F)F.FC(F)F. The van der Waals surface area contributed by atoms with E-state index < -0.39 is 13.4 Å². The zero-order chi connectivity index (χ0) is 13.8. The van der Waals surface area contributed by atoms with E-state index in [0.717, 1.165) is 6.54 Å². The van der Waals surface area contributed by atoms with Gasteiger partial charge in [0.05, 0.1) is 12.7 Å². The molecule has 100 valence electrons. The average molecular weight is 263 g/mol. The highest BCUT2D eigenvalue weighted by molar-refractivity contribution is 5.12. The van der Waals surface area contributed by atoms with Gasteiger partial charge in [-0.1, -0.05) is 6.58 Å². The second-order valence-corrected chi connectivity index (χ2v) is 2.37. The van der Waals surface area contributed by atoms with E-state index in [1.54, 1.807) is 6.20 Å². The van der Waals surface area contributed by atoms with Gasteiger partial charge < -0.3 is 0 Å². The van der Waals surface area contributed by atoms with Crippen molar-refractivity contribution in [3.05, 3.63) is 25.3 Å². The van der Waals surface area contributed by atoms with Crippen LogP contribution < -0.4 is 4.57 Å². The summed E-state index contributed by atoms with van der Waals surface area (Å²) in [6.07, 6.45) is 7.75. The highest BCUT2D eigenvalue weighted by atomic mass is 19.4. The summed E-state index contributed by atoms with van der Waals surface area (Å²) in [5, 5.41) is 0. The molecule has 1 heterocycles. The topological polar surface area (TPSA) is 8.81 Å². The monoisotopic (exact) mass is 263 g/mol. The molecule has 0 aliphatic rings. The fourth-order valence-electron chi connectivity index (χ4n) is 0.706. The predicted octanol–water partition coefficient (Wildman–Crippen LogP) is 3.25. The van der Waals surface area contributed by atoms with Crippen molar-refractivity contribution < 1.29 is 30.9 Å². The minimum atomic E-state index is -3.67. The third-order valence-corrected chi connectivity index (χ3v) is 1.29. The van der Waals surface area contributed by atoms with Crippen molar-refractivity contribution >= 4 is 6.20 Å². The number of nitrogens with zero attached hydrogens (tertiary/aromatic N) is 2. The van der Waals surface area contributed by atoms with Crippen LogP contribution in [-0.2, 0) is 6.54 Å². The number of rotatable bonds is 2. The van der Waals surface area contributed by atoms with Crippen LogP contribution >= 0.6 is 0 Å². The summed E-state index contributed by atoms with van der Waals surface area (Å²) >= 11 is 0. The van der Waals surface area contributed by atoms with Crippen LogP contribution in [0.1, 0.15) is 6.92 Å². The molecule has 0 spiro atoms. The van der Waals surface area contributed by atoms with Crippen LogP contribution in [0.5, 0.6) is 0 Å². The Labute approximate surface area is 94.8 Å². The van der Waals surface area contributed by atoms with Gasteiger partial charge in [-0.3, -0.25) is 0 Å². The van der Waals surface area contributed by atoms with Crippen molar-refractivity contribution in [1.29, 1.82) is 0 Å². The van der Waals surface area contributed by atoms with Crippen LogP contribution in [0.4, 0.5) is 26.3 Å². The Morgan fingerprint density at radius 3 is 1.76 bits per heavy atom. The smallest absolute Gasteiger partial charge is 0.237 e. The normalized spacial score (nSPS) is 9.24. The molecule has 0 N–H and O–H groups in total. The maximum atomic E-state index is 9.67. The number of alkyl halides is 6. The van der Waals surface area contributed by atoms with Gasteiger partial charge in [0.1, 0.15) is 12.4 Å². The van der Waals surface area contributed by atoms with Crippen molar-refractivity contribution in [2.75, 3.05) is 0 Å². The molecular weight excluding hydrogens is 250 g/mol. The molecule has 0 atom stereocenters. The third-order valence-electron chi connectivity index (χ3n) is 1.29. The molecule has 0 radical (unpaired) electrons. The van der Waals surface area contributed by atoms with Crippen LogP contribution in [0, 0.1) is 0 Å². The molecule has 0 bridgehead atoms. The van der Waals surface area contributed by atoms with Gasteiger partial charge in [-0.05, 0) is 6.92 Å². The van der Waals surface area contributed by atoms with E-state index in [4.69, 9.17) is 0 Å². The van der Waals surface area contributed by atoms with Crippen molar-refractivity contribution in [3.63, 3.8) is 0 Å². The summed E-state index contributed by atoms with van der Waals surface area (Å²) in [5.74, 6) is 0. The van der Waals surface area contributed by atoms with Crippen LogP contribution in [-0.4, -0.2) is 17.9 Å². The molecule has 0 saturated carbocycles. The maximum absolute atomic E-state index is 9.67. The Morgan fingerprint density at radius 1 is 1.18 bits per heavy atom. The Morgan fingerprint density at radius 2 is 1.59 bits per heavy atom. The fourth-order valence-corrected chi connectivity index (χ4v) is 0.706. The molecular formula is C9H13F6N2+. The van der Waals surface area contributed by atoms with Gasteiger partial charge in [0.25, 0.3) is 0 Å². The number of hydrogen-bond donors (Lipinski definition) is 0. The van der Waals surface area contributed by atoms with Crippen LogP contribution in [0.2, 0.25) is 0 Å². The summed E-state index contributed by atoms with van der Waals surface area (Å²) < 4.78 is 62.0. The van der Waals surface area contributed by atoms with Crippen molar-refractivity contribution in [3.8, 4) is 0 Å². The molecule has 1 aromatic heterocycles. The standard InChI is InChI=1S/C7H11N2.2CHF3/c1-3-8-5-6-9(4-2)7-8;2*2-1(3)4/h3,5-7H,1,4H2,2H3;2*1H/q+1;;. The van der Waals surface area contributed by atoms with Gasteiger partial charge in [0.15, 0.2) is 0 Å². The van der Waals surface area contributed by atoms with Gasteiger partial charge in [-0.25, -0.2) is 9.13 Å². The van der Waals surface area contributed by atoms with Crippen molar-refractivity contribution in [2.45, 2.75) is 26.8 Å². The van der Waals surface area contributed by atoms with E-state index in [9.17, 15) is 26.3 Å². The lowest BCUT2D eigenvalue weighted by Gasteiger charge is -1.81.